The van der Waals surface area contributed by atoms with Gasteiger partial charge in [0.25, 0.3) is 0 Å². The Labute approximate surface area is 122 Å². The predicted molar refractivity (Wildman–Crippen MR) is 76.3 cm³/mol. The SMILES string of the molecule is C=CCC(C(=O)O)(C(=O)O)C(=O)c1ccccc1CC.O. The number of rotatable bonds is 7. The summed E-state index contributed by atoms with van der Waals surface area (Å²) >= 11 is 0. The van der Waals surface area contributed by atoms with Crippen molar-refractivity contribution in [2.45, 2.75) is 19.8 Å². The van der Waals surface area contributed by atoms with Crippen LogP contribution >= 0.6 is 0 Å². The number of ketones is 1. The molecule has 0 aromatic heterocycles. The molecule has 6 nitrogen and oxygen atoms in total. The first-order chi connectivity index (χ1) is 9.41. The van der Waals surface area contributed by atoms with Crippen LogP contribution in [0.2, 0.25) is 0 Å². The van der Waals surface area contributed by atoms with Crippen molar-refractivity contribution in [3.05, 3.63) is 48.0 Å². The zero-order valence-electron chi connectivity index (χ0n) is 11.6. The Morgan fingerprint density at radius 2 is 1.71 bits per heavy atom. The highest BCUT2D eigenvalue weighted by Gasteiger charge is 2.53. The molecule has 0 unspecified atom stereocenters. The van der Waals surface area contributed by atoms with Crippen molar-refractivity contribution in [3.63, 3.8) is 0 Å². The molecule has 0 spiro atoms. The topological polar surface area (TPSA) is 123 Å². The molecule has 4 N–H and O–H groups in total. The molecule has 114 valence electrons. The third-order valence-corrected chi connectivity index (χ3v) is 3.21. The normalized spacial score (nSPS) is 10.3. The lowest BCUT2D eigenvalue weighted by molar-refractivity contribution is -0.160. The smallest absolute Gasteiger partial charge is 0.329 e. The molecule has 0 saturated carbocycles. The van der Waals surface area contributed by atoms with E-state index in [0.717, 1.165) is 6.08 Å². The summed E-state index contributed by atoms with van der Waals surface area (Å²) in [6.45, 7) is 5.16. The number of hydrogen-bond donors (Lipinski definition) is 2. The molecule has 0 amide bonds. The predicted octanol–water partition coefficient (Wildman–Crippen LogP) is 1.34. The minimum Gasteiger partial charge on any atom is -0.480 e. The van der Waals surface area contributed by atoms with Crippen molar-refractivity contribution >= 4 is 17.7 Å². The van der Waals surface area contributed by atoms with Crippen LogP contribution in [-0.2, 0) is 16.0 Å². The van der Waals surface area contributed by atoms with E-state index >= 15 is 0 Å². The fourth-order valence-electron chi connectivity index (χ4n) is 2.05. The Morgan fingerprint density at radius 1 is 1.19 bits per heavy atom. The first-order valence-electron chi connectivity index (χ1n) is 6.12. The van der Waals surface area contributed by atoms with E-state index in [2.05, 4.69) is 6.58 Å². The van der Waals surface area contributed by atoms with Crippen molar-refractivity contribution in [2.75, 3.05) is 0 Å². The van der Waals surface area contributed by atoms with Gasteiger partial charge in [0.15, 0.2) is 5.78 Å². The number of aryl methyl sites for hydroxylation is 1. The summed E-state index contributed by atoms with van der Waals surface area (Å²) < 4.78 is 0. The highest BCUT2D eigenvalue weighted by Crippen LogP contribution is 2.30. The van der Waals surface area contributed by atoms with E-state index in [1.54, 1.807) is 18.2 Å². The standard InChI is InChI=1S/C15H16O5.H2O/c1-3-9-15(13(17)18,14(19)20)12(16)11-8-6-5-7-10(11)4-2;/h3,5-8H,1,4,9H2,2H3,(H,17,18)(H,19,20);1H2. The molecule has 0 bridgehead atoms. The van der Waals surface area contributed by atoms with Crippen LogP contribution < -0.4 is 0 Å². The van der Waals surface area contributed by atoms with Crippen molar-refractivity contribution in [3.8, 4) is 0 Å². The largest absolute Gasteiger partial charge is 0.480 e. The van der Waals surface area contributed by atoms with Gasteiger partial charge in [0, 0.05) is 5.56 Å². The molecule has 1 rings (SSSR count). The van der Waals surface area contributed by atoms with Gasteiger partial charge in [0.1, 0.15) is 0 Å². The molecule has 21 heavy (non-hydrogen) atoms. The molecule has 0 radical (unpaired) electrons. The lowest BCUT2D eigenvalue weighted by atomic mass is 9.76. The summed E-state index contributed by atoms with van der Waals surface area (Å²) in [6, 6.07) is 6.42. The summed E-state index contributed by atoms with van der Waals surface area (Å²) in [7, 11) is 0. The Kier molecular flexibility index (Phi) is 6.48. The quantitative estimate of drug-likeness (QED) is 0.446. The number of carbonyl (C=O) groups is 3. The number of Topliss-reactive ketones (excluding diaryl/α,β-unsaturated/α-hetero) is 1. The molecule has 1 aromatic rings. The van der Waals surface area contributed by atoms with Crippen LogP contribution in [0.1, 0.15) is 29.3 Å². The third kappa shape index (κ3) is 3.17. The van der Waals surface area contributed by atoms with E-state index in [9.17, 15) is 24.6 Å². The minimum atomic E-state index is -2.52. The van der Waals surface area contributed by atoms with E-state index in [1.807, 2.05) is 6.92 Å². The van der Waals surface area contributed by atoms with Gasteiger partial charge in [-0.3, -0.25) is 14.4 Å². The Balaban J connectivity index is 0.00000400. The van der Waals surface area contributed by atoms with Gasteiger partial charge >= 0.3 is 11.9 Å². The summed E-state index contributed by atoms with van der Waals surface area (Å²) in [5.74, 6) is -4.28. The number of carboxylic acids is 2. The van der Waals surface area contributed by atoms with Gasteiger partial charge in [-0.25, -0.2) is 0 Å². The van der Waals surface area contributed by atoms with Crippen LogP contribution in [0.4, 0.5) is 0 Å². The summed E-state index contributed by atoms with van der Waals surface area (Å²) in [5.41, 5.74) is -1.78. The summed E-state index contributed by atoms with van der Waals surface area (Å²) in [6.07, 6.45) is 1.18. The molecule has 0 heterocycles. The van der Waals surface area contributed by atoms with E-state index in [1.165, 1.54) is 6.07 Å². The molecule has 0 atom stereocenters. The van der Waals surface area contributed by atoms with Gasteiger partial charge in [-0.1, -0.05) is 37.3 Å². The van der Waals surface area contributed by atoms with E-state index in [-0.39, 0.29) is 11.0 Å². The number of aliphatic carboxylic acids is 2. The third-order valence-electron chi connectivity index (χ3n) is 3.21. The van der Waals surface area contributed by atoms with Gasteiger partial charge in [0.2, 0.25) is 5.41 Å². The molecule has 0 aliphatic carbocycles. The maximum absolute atomic E-state index is 12.5. The average molecular weight is 294 g/mol. The van der Waals surface area contributed by atoms with Crippen LogP contribution in [-0.4, -0.2) is 33.4 Å². The molecule has 0 aliphatic heterocycles. The first-order valence-corrected chi connectivity index (χ1v) is 6.12. The molecule has 6 heteroatoms. The van der Waals surface area contributed by atoms with E-state index < -0.39 is 29.6 Å². The second-order valence-electron chi connectivity index (χ2n) is 4.35. The lowest BCUT2D eigenvalue weighted by Crippen LogP contribution is -2.46. The minimum absolute atomic E-state index is 0. The first kappa shape index (κ1) is 18.5. The van der Waals surface area contributed by atoms with Crippen LogP contribution in [0.3, 0.4) is 0 Å². The zero-order chi connectivity index (χ0) is 15.3. The molecule has 0 saturated heterocycles. The zero-order valence-corrected chi connectivity index (χ0v) is 11.6. The van der Waals surface area contributed by atoms with Crippen LogP contribution in [0, 0.1) is 5.41 Å². The van der Waals surface area contributed by atoms with Crippen molar-refractivity contribution in [1.29, 1.82) is 0 Å². The molecular weight excluding hydrogens is 276 g/mol. The molecule has 1 aromatic carbocycles. The number of hydrogen-bond acceptors (Lipinski definition) is 3. The second-order valence-corrected chi connectivity index (χ2v) is 4.35. The number of carbonyl (C=O) groups excluding carboxylic acids is 1. The highest BCUT2D eigenvalue weighted by atomic mass is 16.4. The molecule has 0 aliphatic rings. The Bertz CT molecular complexity index is 547. The molecule has 0 fully saturated rings. The number of carboxylic acid groups (broad SMARTS) is 2. The fraction of sp³-hybridized carbons (Fsp3) is 0.267. The van der Waals surface area contributed by atoms with Gasteiger partial charge in [0.05, 0.1) is 0 Å². The van der Waals surface area contributed by atoms with Gasteiger partial charge in [-0.05, 0) is 18.4 Å². The monoisotopic (exact) mass is 294 g/mol. The van der Waals surface area contributed by atoms with Crippen molar-refractivity contribution in [1.82, 2.24) is 0 Å². The van der Waals surface area contributed by atoms with E-state index in [0.29, 0.717) is 12.0 Å². The van der Waals surface area contributed by atoms with Gasteiger partial charge < -0.3 is 15.7 Å². The Hall–Kier alpha value is -2.47. The number of allylic oxidation sites excluding steroid dienone is 1. The second kappa shape index (κ2) is 7.35. The van der Waals surface area contributed by atoms with Crippen molar-refractivity contribution < 1.29 is 30.1 Å². The van der Waals surface area contributed by atoms with Crippen LogP contribution in [0.15, 0.2) is 36.9 Å². The van der Waals surface area contributed by atoms with Crippen molar-refractivity contribution in [2.24, 2.45) is 5.41 Å². The maximum atomic E-state index is 12.5. The van der Waals surface area contributed by atoms with Crippen LogP contribution in [0.5, 0.6) is 0 Å². The summed E-state index contributed by atoms with van der Waals surface area (Å²) in [4.78, 5) is 35.3. The lowest BCUT2D eigenvalue weighted by Gasteiger charge is -2.23. The summed E-state index contributed by atoms with van der Waals surface area (Å²) in [5, 5.41) is 18.5. The highest BCUT2D eigenvalue weighted by molar-refractivity contribution is 6.25. The van der Waals surface area contributed by atoms with Crippen LogP contribution in [0.25, 0.3) is 0 Å². The maximum Gasteiger partial charge on any atom is 0.329 e. The average Bonchev–Trinajstić information content (AvgIpc) is 2.43. The molecular formula is C15H18O6. The number of benzene rings is 1. The Morgan fingerprint density at radius 3 is 2.14 bits per heavy atom. The van der Waals surface area contributed by atoms with E-state index in [4.69, 9.17) is 0 Å². The fourth-order valence-corrected chi connectivity index (χ4v) is 2.05. The van der Waals surface area contributed by atoms with Gasteiger partial charge in [-0.15, -0.1) is 6.58 Å². The van der Waals surface area contributed by atoms with Gasteiger partial charge in [-0.2, -0.15) is 0 Å².